The predicted molar refractivity (Wildman–Crippen MR) is 81.5 cm³/mol. The van der Waals surface area contributed by atoms with Crippen molar-refractivity contribution in [2.45, 2.75) is 46.1 Å². The van der Waals surface area contributed by atoms with E-state index in [2.05, 4.69) is 5.32 Å². The van der Waals surface area contributed by atoms with Gasteiger partial charge < -0.3 is 5.32 Å². The first-order valence-electron chi connectivity index (χ1n) is 7.89. The highest BCUT2D eigenvalue weighted by Crippen LogP contribution is 2.64. The molecule has 0 unspecified atom stereocenters. The van der Waals surface area contributed by atoms with Crippen LogP contribution in [0.1, 0.15) is 40.0 Å². The number of hydrogen-bond acceptors (Lipinski definition) is 4. The summed E-state index contributed by atoms with van der Waals surface area (Å²) in [5.41, 5.74) is -1.05. The van der Waals surface area contributed by atoms with Gasteiger partial charge in [0.15, 0.2) is 0 Å². The van der Waals surface area contributed by atoms with Crippen LogP contribution in [0.2, 0.25) is 0 Å². The van der Waals surface area contributed by atoms with Crippen molar-refractivity contribution in [1.29, 1.82) is 0 Å². The number of rotatable bonds is 3. The highest BCUT2D eigenvalue weighted by Gasteiger charge is 2.65. The van der Waals surface area contributed by atoms with Gasteiger partial charge in [-0.25, -0.2) is 8.42 Å². The SMILES string of the molecule is C[C@H]1CN(S(=O)(=O)C[C@]23CC[C@H](CC2=O)C3(C)C)CC(=O)N1. The average Bonchev–Trinajstić information content (AvgIpc) is 2.71. The molecule has 0 aromatic heterocycles. The van der Waals surface area contributed by atoms with Gasteiger partial charge in [-0.3, -0.25) is 9.59 Å². The van der Waals surface area contributed by atoms with E-state index < -0.39 is 15.4 Å². The number of nitrogens with one attached hydrogen (secondary N) is 1. The molecule has 2 saturated carbocycles. The third kappa shape index (κ3) is 2.12. The molecule has 0 spiro atoms. The number of nitrogens with zero attached hydrogens (tertiary/aromatic N) is 1. The van der Waals surface area contributed by atoms with Crippen LogP contribution in [-0.2, 0) is 19.6 Å². The molecule has 0 radical (unpaired) electrons. The van der Waals surface area contributed by atoms with E-state index in [0.29, 0.717) is 18.8 Å². The van der Waals surface area contributed by atoms with Crippen molar-refractivity contribution >= 4 is 21.7 Å². The summed E-state index contributed by atoms with van der Waals surface area (Å²) in [5.74, 6) is -0.0470. The number of carbonyl (C=O) groups excluding carboxylic acids is 2. The van der Waals surface area contributed by atoms with Crippen molar-refractivity contribution in [3.05, 3.63) is 0 Å². The minimum atomic E-state index is -3.63. The van der Waals surface area contributed by atoms with Gasteiger partial charge in [-0.2, -0.15) is 4.31 Å². The topological polar surface area (TPSA) is 83.6 Å². The molecule has 1 heterocycles. The Morgan fingerprint density at radius 3 is 2.50 bits per heavy atom. The quantitative estimate of drug-likeness (QED) is 0.819. The molecule has 1 aliphatic heterocycles. The molecule has 0 aromatic carbocycles. The Bertz CT molecular complexity index is 627. The molecule has 1 N–H and O–H groups in total. The molecule has 0 aromatic rings. The van der Waals surface area contributed by atoms with Gasteiger partial charge in [0.05, 0.1) is 12.3 Å². The zero-order chi connectivity index (χ0) is 16.3. The van der Waals surface area contributed by atoms with E-state index in [1.165, 1.54) is 4.31 Å². The third-order valence-corrected chi connectivity index (χ3v) is 8.09. The Hall–Kier alpha value is -0.950. The van der Waals surface area contributed by atoms with Crippen LogP contribution in [-0.4, -0.2) is 49.3 Å². The van der Waals surface area contributed by atoms with Gasteiger partial charge in [-0.15, -0.1) is 0 Å². The minimum absolute atomic E-state index is 0.0897. The maximum atomic E-state index is 12.8. The summed E-state index contributed by atoms with van der Waals surface area (Å²) in [6.07, 6.45) is 2.07. The fourth-order valence-electron chi connectivity index (χ4n) is 4.62. The van der Waals surface area contributed by atoms with Gasteiger partial charge in [0, 0.05) is 24.4 Å². The molecule has 1 saturated heterocycles. The lowest BCUT2D eigenvalue weighted by Gasteiger charge is -2.39. The summed E-state index contributed by atoms with van der Waals surface area (Å²) in [6.45, 7) is 5.98. The molecule has 7 heteroatoms. The normalized spacial score (nSPS) is 38.3. The summed E-state index contributed by atoms with van der Waals surface area (Å²) in [6, 6.07) is -0.197. The number of amides is 1. The van der Waals surface area contributed by atoms with Gasteiger partial charge in [0.2, 0.25) is 15.9 Å². The first-order chi connectivity index (χ1) is 10.1. The Kier molecular flexibility index (Phi) is 3.45. The monoisotopic (exact) mass is 328 g/mol. The van der Waals surface area contributed by atoms with Crippen LogP contribution >= 0.6 is 0 Å². The number of piperazine rings is 1. The van der Waals surface area contributed by atoms with Crippen molar-refractivity contribution in [2.24, 2.45) is 16.7 Å². The summed E-state index contributed by atoms with van der Waals surface area (Å²) in [7, 11) is -3.63. The fourth-order valence-corrected chi connectivity index (χ4v) is 6.87. The fraction of sp³-hybridized carbons (Fsp3) is 0.867. The number of fused-ring (bicyclic) bond motifs is 2. The van der Waals surface area contributed by atoms with Crippen LogP contribution in [0.5, 0.6) is 0 Å². The second-order valence-corrected chi connectivity index (χ2v) is 9.65. The molecular weight excluding hydrogens is 304 g/mol. The van der Waals surface area contributed by atoms with Crippen LogP contribution in [0, 0.1) is 16.7 Å². The molecule has 6 nitrogen and oxygen atoms in total. The minimum Gasteiger partial charge on any atom is -0.351 e. The molecule has 2 aliphatic carbocycles. The lowest BCUT2D eigenvalue weighted by Crippen LogP contribution is -2.56. The van der Waals surface area contributed by atoms with Gasteiger partial charge in [-0.1, -0.05) is 13.8 Å². The number of hydrogen-bond donors (Lipinski definition) is 1. The second-order valence-electron chi connectivity index (χ2n) is 7.68. The highest BCUT2D eigenvalue weighted by molar-refractivity contribution is 7.89. The summed E-state index contributed by atoms with van der Waals surface area (Å²) >= 11 is 0. The predicted octanol–water partition coefficient (Wildman–Crippen LogP) is 0.532. The van der Waals surface area contributed by atoms with Gasteiger partial charge in [0.1, 0.15) is 5.78 Å². The van der Waals surface area contributed by atoms with E-state index in [1.54, 1.807) is 6.92 Å². The molecule has 3 atom stereocenters. The number of Topliss-reactive ketones (excluding diaryl/α,β-unsaturated/α-hetero) is 1. The van der Waals surface area contributed by atoms with Crippen LogP contribution in [0.3, 0.4) is 0 Å². The molecular formula is C15H24N2O4S. The van der Waals surface area contributed by atoms with Crippen LogP contribution in [0.15, 0.2) is 0 Å². The summed E-state index contributed by atoms with van der Waals surface area (Å²) < 4.78 is 26.9. The first-order valence-corrected chi connectivity index (χ1v) is 9.50. The number of carbonyl (C=O) groups is 2. The Morgan fingerprint density at radius 1 is 1.32 bits per heavy atom. The summed E-state index contributed by atoms with van der Waals surface area (Å²) in [5, 5.41) is 2.72. The lowest BCUT2D eigenvalue weighted by atomic mass is 9.70. The highest BCUT2D eigenvalue weighted by atomic mass is 32.2. The van der Waals surface area contributed by atoms with E-state index in [0.717, 1.165) is 6.42 Å². The van der Waals surface area contributed by atoms with Crippen LogP contribution in [0.25, 0.3) is 0 Å². The number of ketones is 1. The van der Waals surface area contributed by atoms with Gasteiger partial charge in [-0.05, 0) is 31.1 Å². The molecule has 3 fully saturated rings. The molecule has 3 aliphatic rings. The van der Waals surface area contributed by atoms with E-state index in [9.17, 15) is 18.0 Å². The summed E-state index contributed by atoms with van der Waals surface area (Å²) in [4.78, 5) is 24.1. The Morgan fingerprint density at radius 2 is 2.00 bits per heavy atom. The standard InChI is InChI=1S/C15H24N2O4S/c1-10-7-17(8-13(19)16-10)22(20,21)9-15-5-4-11(6-12(15)18)14(15,2)3/h10-11H,4-9H2,1-3H3,(H,16,19)/t10-,11+,15+/m0/s1. The molecule has 124 valence electrons. The zero-order valence-electron chi connectivity index (χ0n) is 13.4. The smallest absolute Gasteiger partial charge is 0.235 e. The van der Waals surface area contributed by atoms with Crippen molar-refractivity contribution in [3.8, 4) is 0 Å². The van der Waals surface area contributed by atoms with Gasteiger partial charge >= 0.3 is 0 Å². The van der Waals surface area contributed by atoms with E-state index >= 15 is 0 Å². The Balaban J connectivity index is 1.88. The van der Waals surface area contributed by atoms with Gasteiger partial charge in [0.25, 0.3) is 0 Å². The molecule has 2 bridgehead atoms. The van der Waals surface area contributed by atoms with E-state index in [4.69, 9.17) is 0 Å². The molecule has 3 rings (SSSR count). The average molecular weight is 328 g/mol. The van der Waals surface area contributed by atoms with Crippen molar-refractivity contribution < 1.29 is 18.0 Å². The van der Waals surface area contributed by atoms with Crippen molar-refractivity contribution in [1.82, 2.24) is 9.62 Å². The Labute approximate surface area is 131 Å². The first kappa shape index (κ1) is 15.9. The molecule has 1 amide bonds. The van der Waals surface area contributed by atoms with E-state index in [-0.39, 0.29) is 42.0 Å². The molecule has 22 heavy (non-hydrogen) atoms. The maximum absolute atomic E-state index is 12.8. The number of sulfonamides is 1. The van der Waals surface area contributed by atoms with Crippen molar-refractivity contribution in [2.75, 3.05) is 18.8 Å². The largest absolute Gasteiger partial charge is 0.351 e. The second kappa shape index (κ2) is 4.77. The van der Waals surface area contributed by atoms with Crippen molar-refractivity contribution in [3.63, 3.8) is 0 Å². The lowest BCUT2D eigenvalue weighted by molar-refractivity contribution is -0.128. The third-order valence-electron chi connectivity index (χ3n) is 6.17. The van der Waals surface area contributed by atoms with Crippen LogP contribution < -0.4 is 5.32 Å². The van der Waals surface area contributed by atoms with E-state index in [1.807, 2.05) is 13.8 Å². The van der Waals surface area contributed by atoms with Crippen LogP contribution in [0.4, 0.5) is 0 Å². The maximum Gasteiger partial charge on any atom is 0.235 e. The zero-order valence-corrected chi connectivity index (χ0v) is 14.2.